The van der Waals surface area contributed by atoms with Crippen molar-refractivity contribution in [3.8, 4) is 0 Å². The van der Waals surface area contributed by atoms with E-state index in [0.717, 1.165) is 0 Å². The zero-order chi connectivity index (χ0) is 11.8. The second-order valence-corrected chi connectivity index (χ2v) is 6.51. The largest absolute Gasteiger partial charge is 0.381 e. The highest BCUT2D eigenvalue weighted by atomic mass is 35.5. The van der Waals surface area contributed by atoms with Crippen LogP contribution < -0.4 is 5.32 Å². The molecule has 16 heavy (non-hydrogen) atoms. The summed E-state index contributed by atoms with van der Waals surface area (Å²) >= 11 is 5.54. The number of rotatable bonds is 2. The Kier molecular flexibility index (Phi) is 3.08. The zero-order valence-electron chi connectivity index (χ0n) is 8.41. The average molecular weight is 264 g/mol. The number of hydrogen-bond donors (Lipinski definition) is 1. The molecule has 0 aliphatic carbocycles. The third-order valence-electron chi connectivity index (χ3n) is 2.52. The fourth-order valence-electron chi connectivity index (χ4n) is 1.73. The van der Waals surface area contributed by atoms with E-state index in [4.69, 9.17) is 11.6 Å². The van der Waals surface area contributed by atoms with E-state index in [9.17, 15) is 12.8 Å². The normalized spacial score (nSPS) is 23.2. The van der Waals surface area contributed by atoms with E-state index in [0.29, 0.717) is 12.1 Å². The van der Waals surface area contributed by atoms with Gasteiger partial charge in [0.25, 0.3) is 0 Å². The quantitative estimate of drug-likeness (QED) is 0.889. The van der Waals surface area contributed by atoms with Crippen molar-refractivity contribution < 1.29 is 12.8 Å². The van der Waals surface area contributed by atoms with Crippen LogP contribution in [-0.2, 0) is 9.84 Å². The summed E-state index contributed by atoms with van der Waals surface area (Å²) in [6.45, 7) is 0. The molecule has 1 fully saturated rings. The molecular weight excluding hydrogens is 253 g/mol. The van der Waals surface area contributed by atoms with Crippen LogP contribution in [0.5, 0.6) is 0 Å². The zero-order valence-corrected chi connectivity index (χ0v) is 9.98. The lowest BCUT2D eigenvalue weighted by molar-refractivity contribution is 0.602. The molecule has 0 bridgehead atoms. The first kappa shape index (κ1) is 11.7. The van der Waals surface area contributed by atoms with Crippen molar-refractivity contribution >= 4 is 27.1 Å². The minimum absolute atomic E-state index is 0.0598. The molecule has 1 aromatic rings. The van der Waals surface area contributed by atoms with Crippen LogP contribution in [0.15, 0.2) is 18.2 Å². The lowest BCUT2D eigenvalue weighted by atomic mass is 10.2. The molecule has 1 saturated heterocycles. The van der Waals surface area contributed by atoms with Crippen molar-refractivity contribution in [3.63, 3.8) is 0 Å². The molecule has 0 saturated carbocycles. The van der Waals surface area contributed by atoms with Gasteiger partial charge in [-0.3, -0.25) is 0 Å². The van der Waals surface area contributed by atoms with Crippen molar-refractivity contribution in [2.75, 3.05) is 16.8 Å². The lowest BCUT2D eigenvalue weighted by Crippen LogP contribution is -2.20. The van der Waals surface area contributed by atoms with Gasteiger partial charge in [-0.2, -0.15) is 0 Å². The highest BCUT2D eigenvalue weighted by Gasteiger charge is 2.27. The summed E-state index contributed by atoms with van der Waals surface area (Å²) in [5, 5.41) is 3.05. The van der Waals surface area contributed by atoms with Crippen LogP contribution in [0.2, 0.25) is 5.02 Å². The van der Waals surface area contributed by atoms with Crippen LogP contribution in [0.4, 0.5) is 10.1 Å². The summed E-state index contributed by atoms with van der Waals surface area (Å²) in [4.78, 5) is 0. The average Bonchev–Trinajstić information content (AvgIpc) is 2.52. The van der Waals surface area contributed by atoms with Crippen molar-refractivity contribution in [3.05, 3.63) is 29.0 Å². The molecule has 1 aromatic carbocycles. The van der Waals surface area contributed by atoms with E-state index in [-0.39, 0.29) is 22.6 Å². The summed E-state index contributed by atoms with van der Waals surface area (Å²) in [6, 6.07) is 4.22. The Bertz CT molecular complexity index is 504. The molecule has 6 heteroatoms. The van der Waals surface area contributed by atoms with Crippen LogP contribution in [0.3, 0.4) is 0 Å². The highest BCUT2D eigenvalue weighted by molar-refractivity contribution is 7.91. The molecule has 0 amide bonds. The molecule has 88 valence electrons. The summed E-state index contributed by atoms with van der Waals surface area (Å²) in [7, 11) is -2.92. The van der Waals surface area contributed by atoms with Gasteiger partial charge in [-0.05, 0) is 24.6 Å². The van der Waals surface area contributed by atoms with E-state index in [2.05, 4.69) is 5.32 Å². The molecule has 1 aliphatic rings. The fraction of sp³-hybridized carbons (Fsp3) is 0.400. The second-order valence-electron chi connectivity index (χ2n) is 3.87. The van der Waals surface area contributed by atoms with Crippen LogP contribution in [-0.4, -0.2) is 26.0 Å². The Morgan fingerprint density at radius 2 is 2.19 bits per heavy atom. The smallest absolute Gasteiger partial charge is 0.152 e. The molecule has 0 spiro atoms. The van der Waals surface area contributed by atoms with Gasteiger partial charge in [-0.15, -0.1) is 0 Å². The third kappa shape index (κ3) is 2.65. The molecule has 2 rings (SSSR count). The summed E-state index contributed by atoms with van der Waals surface area (Å²) in [5.74, 6) is -0.203. The maximum Gasteiger partial charge on any atom is 0.152 e. The maximum atomic E-state index is 13.1. The summed E-state index contributed by atoms with van der Waals surface area (Å²) < 4.78 is 35.5. The minimum Gasteiger partial charge on any atom is -0.381 e. The molecule has 0 aromatic heterocycles. The van der Waals surface area contributed by atoms with E-state index < -0.39 is 15.7 Å². The monoisotopic (exact) mass is 263 g/mol. The number of anilines is 1. The molecular formula is C10H11ClFNO2S. The van der Waals surface area contributed by atoms with Gasteiger partial charge in [-0.25, -0.2) is 12.8 Å². The fourth-order valence-corrected chi connectivity index (χ4v) is 3.52. The van der Waals surface area contributed by atoms with E-state index in [1.807, 2.05) is 0 Å². The van der Waals surface area contributed by atoms with Gasteiger partial charge in [0.2, 0.25) is 0 Å². The van der Waals surface area contributed by atoms with Crippen LogP contribution in [0, 0.1) is 5.82 Å². The SMILES string of the molecule is O=S1(=O)CCC(Nc2ccc(Cl)c(F)c2)C1. The van der Waals surface area contributed by atoms with E-state index in [1.54, 1.807) is 6.07 Å². The van der Waals surface area contributed by atoms with Crippen molar-refractivity contribution in [1.29, 1.82) is 0 Å². The van der Waals surface area contributed by atoms with Crippen molar-refractivity contribution in [1.82, 2.24) is 0 Å². The van der Waals surface area contributed by atoms with Crippen LogP contribution in [0.25, 0.3) is 0 Å². The summed E-state index contributed by atoms with van der Waals surface area (Å²) in [5.41, 5.74) is 0.559. The molecule has 1 atom stereocenters. The topological polar surface area (TPSA) is 46.2 Å². The van der Waals surface area contributed by atoms with Crippen LogP contribution in [0.1, 0.15) is 6.42 Å². The van der Waals surface area contributed by atoms with Gasteiger partial charge in [-0.1, -0.05) is 11.6 Å². The van der Waals surface area contributed by atoms with E-state index in [1.165, 1.54) is 12.1 Å². The highest BCUT2D eigenvalue weighted by Crippen LogP contribution is 2.21. The van der Waals surface area contributed by atoms with Gasteiger partial charge >= 0.3 is 0 Å². The first-order chi connectivity index (χ1) is 7.46. The summed E-state index contributed by atoms with van der Waals surface area (Å²) in [6.07, 6.45) is 0.562. The molecule has 1 N–H and O–H groups in total. The minimum atomic E-state index is -2.92. The Morgan fingerprint density at radius 3 is 2.75 bits per heavy atom. The second kappa shape index (κ2) is 4.22. The molecule has 1 aliphatic heterocycles. The molecule has 1 unspecified atom stereocenters. The number of hydrogen-bond acceptors (Lipinski definition) is 3. The van der Waals surface area contributed by atoms with Crippen LogP contribution >= 0.6 is 11.6 Å². The van der Waals surface area contributed by atoms with Gasteiger partial charge in [0.15, 0.2) is 9.84 Å². The first-order valence-electron chi connectivity index (χ1n) is 4.88. The van der Waals surface area contributed by atoms with Gasteiger partial charge in [0.05, 0.1) is 16.5 Å². The molecule has 3 nitrogen and oxygen atoms in total. The Morgan fingerprint density at radius 1 is 1.44 bits per heavy atom. The maximum absolute atomic E-state index is 13.1. The standard InChI is InChI=1S/C10H11ClFNO2S/c11-9-2-1-7(5-10(9)12)13-8-3-4-16(14,15)6-8/h1-2,5,8,13H,3-4,6H2. The van der Waals surface area contributed by atoms with E-state index >= 15 is 0 Å². The molecule has 1 heterocycles. The predicted octanol–water partition coefficient (Wildman–Crippen LogP) is 2.08. The van der Waals surface area contributed by atoms with Crippen molar-refractivity contribution in [2.45, 2.75) is 12.5 Å². The Hall–Kier alpha value is -0.810. The first-order valence-corrected chi connectivity index (χ1v) is 7.08. The lowest BCUT2D eigenvalue weighted by Gasteiger charge is -2.12. The Balaban J connectivity index is 2.08. The predicted molar refractivity (Wildman–Crippen MR) is 62.1 cm³/mol. The molecule has 0 radical (unpaired) electrons. The number of sulfone groups is 1. The number of nitrogens with one attached hydrogen (secondary N) is 1. The van der Waals surface area contributed by atoms with Gasteiger partial charge in [0, 0.05) is 11.7 Å². The van der Waals surface area contributed by atoms with Crippen molar-refractivity contribution in [2.24, 2.45) is 0 Å². The Labute approximate surface area is 98.5 Å². The number of benzene rings is 1. The number of halogens is 2. The van der Waals surface area contributed by atoms with Gasteiger partial charge < -0.3 is 5.32 Å². The van der Waals surface area contributed by atoms with Gasteiger partial charge in [0.1, 0.15) is 5.82 Å². The third-order valence-corrected chi connectivity index (χ3v) is 4.60.